The van der Waals surface area contributed by atoms with Crippen LogP contribution in [0.1, 0.15) is 0 Å². The van der Waals surface area contributed by atoms with Gasteiger partial charge in [-0.3, -0.25) is 10.1 Å². The zero-order valence-corrected chi connectivity index (χ0v) is 9.87. The zero-order valence-electron chi connectivity index (χ0n) is 9.05. The van der Waals surface area contributed by atoms with Gasteiger partial charge in [0.05, 0.1) is 15.9 Å². The second-order valence-electron chi connectivity index (χ2n) is 3.88. The first-order valence-corrected chi connectivity index (χ1v) is 6.42. The number of aromatic hydroxyl groups is 1. The summed E-state index contributed by atoms with van der Waals surface area (Å²) in [5.74, 6) is -0.595. The van der Waals surface area contributed by atoms with E-state index in [0.717, 1.165) is 22.5 Å². The maximum absolute atomic E-state index is 12.0. The molecule has 9 heteroatoms. The standard InChI is InChI=1S/C9H10N2O6S/c12-6-4-10(5-6)18(16,17)7-1-2-9(13)8(3-7)11(14)15/h1-3,6,12-13H,4-5H2. The fourth-order valence-electron chi connectivity index (χ4n) is 1.57. The van der Waals surface area contributed by atoms with Crippen molar-refractivity contribution < 1.29 is 23.6 Å². The van der Waals surface area contributed by atoms with Crippen LogP contribution >= 0.6 is 0 Å². The highest BCUT2D eigenvalue weighted by molar-refractivity contribution is 7.89. The Bertz CT molecular complexity index is 593. The van der Waals surface area contributed by atoms with Crippen molar-refractivity contribution in [3.05, 3.63) is 28.3 Å². The summed E-state index contributed by atoms with van der Waals surface area (Å²) in [7, 11) is -3.85. The zero-order chi connectivity index (χ0) is 13.5. The molecule has 98 valence electrons. The smallest absolute Gasteiger partial charge is 0.312 e. The number of hydrogen-bond acceptors (Lipinski definition) is 6. The van der Waals surface area contributed by atoms with E-state index >= 15 is 0 Å². The van der Waals surface area contributed by atoms with Crippen LogP contribution in [-0.4, -0.2) is 47.1 Å². The lowest BCUT2D eigenvalue weighted by molar-refractivity contribution is -0.386. The number of phenols is 1. The van der Waals surface area contributed by atoms with Crippen LogP contribution in [0.4, 0.5) is 5.69 Å². The monoisotopic (exact) mass is 274 g/mol. The molecule has 2 N–H and O–H groups in total. The Balaban J connectivity index is 2.40. The summed E-state index contributed by atoms with van der Waals surface area (Å²) in [4.78, 5) is 9.46. The summed E-state index contributed by atoms with van der Waals surface area (Å²) in [5, 5.41) is 28.9. The molecule has 1 heterocycles. The van der Waals surface area contributed by atoms with Crippen molar-refractivity contribution in [1.29, 1.82) is 0 Å². The molecule has 1 aromatic carbocycles. The summed E-state index contributed by atoms with van der Waals surface area (Å²) in [5.41, 5.74) is -0.669. The number of aliphatic hydroxyl groups excluding tert-OH is 1. The molecular formula is C9H10N2O6S. The first kappa shape index (κ1) is 12.7. The third-order valence-electron chi connectivity index (χ3n) is 2.61. The van der Waals surface area contributed by atoms with Gasteiger partial charge in [-0.05, 0) is 12.1 Å². The number of rotatable bonds is 3. The molecule has 1 aliphatic heterocycles. The fraction of sp³-hybridized carbons (Fsp3) is 0.333. The molecule has 0 unspecified atom stereocenters. The normalized spacial score (nSPS) is 17.4. The van der Waals surface area contributed by atoms with Gasteiger partial charge in [-0.15, -0.1) is 0 Å². The predicted molar refractivity (Wildman–Crippen MR) is 59.5 cm³/mol. The third-order valence-corrected chi connectivity index (χ3v) is 4.44. The minimum Gasteiger partial charge on any atom is -0.502 e. The van der Waals surface area contributed by atoms with Crippen molar-refractivity contribution in [2.45, 2.75) is 11.0 Å². The van der Waals surface area contributed by atoms with E-state index in [9.17, 15) is 23.6 Å². The number of β-amino-alcohol motifs (C(OH)–C–C–N with tert-alkyl or cyclic N) is 1. The van der Waals surface area contributed by atoms with Crippen LogP contribution in [0.3, 0.4) is 0 Å². The molecule has 0 aliphatic carbocycles. The van der Waals surface area contributed by atoms with Gasteiger partial charge in [-0.25, -0.2) is 8.42 Å². The Morgan fingerprint density at radius 3 is 2.50 bits per heavy atom. The summed E-state index contributed by atoms with van der Waals surface area (Å²) in [6.45, 7) is -0.0615. The molecule has 1 saturated heterocycles. The molecule has 0 atom stereocenters. The van der Waals surface area contributed by atoms with Gasteiger partial charge >= 0.3 is 5.69 Å². The number of benzene rings is 1. The van der Waals surface area contributed by atoms with E-state index in [1.54, 1.807) is 0 Å². The molecular weight excluding hydrogens is 264 g/mol. The van der Waals surface area contributed by atoms with Crippen LogP contribution < -0.4 is 0 Å². The molecule has 18 heavy (non-hydrogen) atoms. The van der Waals surface area contributed by atoms with Crippen molar-refractivity contribution in [2.75, 3.05) is 13.1 Å². The van der Waals surface area contributed by atoms with Crippen LogP contribution in [-0.2, 0) is 10.0 Å². The Kier molecular flexibility index (Phi) is 2.97. The van der Waals surface area contributed by atoms with Crippen LogP contribution in [0.5, 0.6) is 5.75 Å². The van der Waals surface area contributed by atoms with E-state index in [1.165, 1.54) is 0 Å². The van der Waals surface area contributed by atoms with E-state index in [-0.39, 0.29) is 18.0 Å². The van der Waals surface area contributed by atoms with Gasteiger partial charge < -0.3 is 10.2 Å². The van der Waals surface area contributed by atoms with Gasteiger partial charge in [0.25, 0.3) is 0 Å². The Morgan fingerprint density at radius 2 is 2.00 bits per heavy atom. The lowest BCUT2D eigenvalue weighted by atomic mass is 10.2. The summed E-state index contributed by atoms with van der Waals surface area (Å²) in [6, 6.07) is 2.85. The Labute approximate surface area is 102 Å². The summed E-state index contributed by atoms with van der Waals surface area (Å²) in [6.07, 6.45) is -0.702. The number of nitrogens with zero attached hydrogens (tertiary/aromatic N) is 2. The highest BCUT2D eigenvalue weighted by Crippen LogP contribution is 2.30. The maximum Gasteiger partial charge on any atom is 0.312 e. The quantitative estimate of drug-likeness (QED) is 0.574. The summed E-state index contributed by atoms with van der Waals surface area (Å²) < 4.78 is 24.9. The molecule has 0 spiro atoms. The lowest BCUT2D eigenvalue weighted by Crippen LogP contribution is -2.53. The van der Waals surface area contributed by atoms with E-state index in [0.29, 0.717) is 0 Å². The summed E-state index contributed by atoms with van der Waals surface area (Å²) >= 11 is 0. The van der Waals surface area contributed by atoms with E-state index < -0.39 is 32.5 Å². The van der Waals surface area contributed by atoms with Gasteiger partial charge in [0.15, 0.2) is 5.75 Å². The highest BCUT2D eigenvalue weighted by atomic mass is 32.2. The Hall–Kier alpha value is -1.71. The molecule has 0 radical (unpaired) electrons. The van der Waals surface area contributed by atoms with E-state index in [1.807, 2.05) is 0 Å². The second-order valence-corrected chi connectivity index (χ2v) is 5.82. The van der Waals surface area contributed by atoms with E-state index in [4.69, 9.17) is 5.11 Å². The van der Waals surface area contributed by atoms with Crippen LogP contribution in [0, 0.1) is 10.1 Å². The number of aliphatic hydroxyl groups is 1. The number of hydrogen-bond donors (Lipinski definition) is 2. The van der Waals surface area contributed by atoms with Gasteiger partial charge in [0.1, 0.15) is 0 Å². The topological polar surface area (TPSA) is 121 Å². The largest absolute Gasteiger partial charge is 0.502 e. The molecule has 1 aromatic rings. The van der Waals surface area contributed by atoms with Crippen LogP contribution in [0.15, 0.2) is 23.1 Å². The molecule has 0 amide bonds. The lowest BCUT2D eigenvalue weighted by Gasteiger charge is -2.34. The average Bonchev–Trinajstić information content (AvgIpc) is 2.24. The fourth-order valence-corrected chi connectivity index (χ4v) is 3.11. The molecule has 0 bridgehead atoms. The minimum atomic E-state index is -3.85. The molecule has 0 saturated carbocycles. The number of nitro groups is 1. The number of phenolic OH excluding ortho intramolecular Hbond substituents is 1. The molecule has 1 fully saturated rings. The second kappa shape index (κ2) is 4.19. The predicted octanol–water partition coefficient (Wildman–Crippen LogP) is -0.334. The molecule has 1 aliphatic rings. The van der Waals surface area contributed by atoms with Crippen molar-refractivity contribution in [3.8, 4) is 5.75 Å². The SMILES string of the molecule is O=[N+]([O-])c1cc(S(=O)(=O)N2CC(O)C2)ccc1O. The van der Waals surface area contributed by atoms with Gasteiger partial charge in [0, 0.05) is 19.2 Å². The average molecular weight is 274 g/mol. The van der Waals surface area contributed by atoms with Gasteiger partial charge in [-0.2, -0.15) is 4.31 Å². The Morgan fingerprint density at radius 1 is 1.39 bits per heavy atom. The van der Waals surface area contributed by atoms with E-state index in [2.05, 4.69) is 0 Å². The molecule has 0 aromatic heterocycles. The first-order valence-electron chi connectivity index (χ1n) is 4.98. The van der Waals surface area contributed by atoms with Crippen molar-refractivity contribution >= 4 is 15.7 Å². The molecule has 2 rings (SSSR count). The maximum atomic E-state index is 12.0. The van der Waals surface area contributed by atoms with Crippen LogP contribution in [0.2, 0.25) is 0 Å². The van der Waals surface area contributed by atoms with Crippen molar-refractivity contribution in [3.63, 3.8) is 0 Å². The highest BCUT2D eigenvalue weighted by Gasteiger charge is 2.36. The van der Waals surface area contributed by atoms with Crippen LogP contribution in [0.25, 0.3) is 0 Å². The van der Waals surface area contributed by atoms with Gasteiger partial charge in [-0.1, -0.05) is 0 Å². The number of nitro benzene ring substituents is 1. The first-order chi connectivity index (χ1) is 8.32. The number of sulfonamides is 1. The van der Waals surface area contributed by atoms with Crippen molar-refractivity contribution in [2.24, 2.45) is 0 Å². The minimum absolute atomic E-state index is 0.0307. The molecule has 8 nitrogen and oxygen atoms in total. The van der Waals surface area contributed by atoms with Crippen molar-refractivity contribution in [1.82, 2.24) is 4.31 Å². The van der Waals surface area contributed by atoms with Gasteiger partial charge in [0.2, 0.25) is 10.0 Å². The third kappa shape index (κ3) is 2.03.